The topological polar surface area (TPSA) is 34.1 Å². The van der Waals surface area contributed by atoms with Gasteiger partial charge >= 0.3 is 0 Å². The van der Waals surface area contributed by atoms with E-state index in [2.05, 4.69) is 15.7 Å². The van der Waals surface area contributed by atoms with Crippen LogP contribution in [0.5, 0.6) is 5.75 Å². The van der Waals surface area contributed by atoms with Crippen LogP contribution in [0.25, 0.3) is 10.6 Å². The van der Waals surface area contributed by atoms with Gasteiger partial charge in [0.1, 0.15) is 5.01 Å². The molecule has 0 bridgehead atoms. The van der Waals surface area contributed by atoms with Crippen LogP contribution in [0.4, 0.5) is 4.39 Å². The summed E-state index contributed by atoms with van der Waals surface area (Å²) in [4.78, 5) is 4.65. The van der Waals surface area contributed by atoms with Crippen molar-refractivity contribution in [2.75, 3.05) is 13.7 Å². The number of ether oxygens (including phenoxy) is 1. The lowest BCUT2D eigenvalue weighted by Crippen LogP contribution is -2.12. The maximum atomic E-state index is 13.4. The summed E-state index contributed by atoms with van der Waals surface area (Å²) in [5, 5.41) is 6.41. The number of halogens is 1. The molecule has 1 N–H and O–H groups in total. The Morgan fingerprint density at radius 1 is 1.47 bits per heavy atom. The number of hydrogen-bond donors (Lipinski definition) is 1. The van der Waals surface area contributed by atoms with E-state index in [1.165, 1.54) is 19.6 Å². The number of benzene rings is 1. The predicted octanol–water partition coefficient (Wildman–Crippen LogP) is 3.38. The third-order valence-electron chi connectivity index (χ3n) is 3.34. The fraction of sp³-hybridized carbons (Fsp3) is 0.357. The van der Waals surface area contributed by atoms with Gasteiger partial charge in [-0.1, -0.05) is 0 Å². The molecule has 5 heteroatoms. The highest BCUT2D eigenvalue weighted by Crippen LogP contribution is 2.31. The van der Waals surface area contributed by atoms with Crippen molar-refractivity contribution in [1.82, 2.24) is 10.3 Å². The van der Waals surface area contributed by atoms with E-state index < -0.39 is 0 Å². The van der Waals surface area contributed by atoms with Crippen LogP contribution in [0.2, 0.25) is 0 Å². The monoisotopic (exact) mass is 278 g/mol. The highest BCUT2D eigenvalue weighted by molar-refractivity contribution is 7.13. The first kappa shape index (κ1) is 12.6. The normalized spacial score (nSPS) is 18.7. The van der Waals surface area contributed by atoms with Crippen LogP contribution in [-0.4, -0.2) is 18.6 Å². The second kappa shape index (κ2) is 5.27. The first-order chi connectivity index (χ1) is 9.28. The van der Waals surface area contributed by atoms with Gasteiger partial charge in [0, 0.05) is 10.9 Å². The Bertz CT molecular complexity index is 579. The van der Waals surface area contributed by atoms with E-state index >= 15 is 0 Å². The lowest BCUT2D eigenvalue weighted by Gasteiger charge is -2.05. The van der Waals surface area contributed by atoms with E-state index in [1.54, 1.807) is 23.5 Å². The molecule has 19 heavy (non-hydrogen) atoms. The second-order valence-electron chi connectivity index (χ2n) is 4.58. The average molecular weight is 278 g/mol. The molecule has 3 nitrogen and oxygen atoms in total. The predicted molar refractivity (Wildman–Crippen MR) is 74.0 cm³/mol. The van der Waals surface area contributed by atoms with Gasteiger partial charge in [-0.05, 0) is 37.6 Å². The van der Waals surface area contributed by atoms with Gasteiger partial charge in [-0.25, -0.2) is 9.37 Å². The molecule has 1 aliphatic rings. The summed E-state index contributed by atoms with van der Waals surface area (Å²) in [5.41, 5.74) is 1.98. The van der Waals surface area contributed by atoms with Gasteiger partial charge in [0.05, 0.1) is 18.8 Å². The summed E-state index contributed by atoms with van der Waals surface area (Å²) >= 11 is 1.59. The molecule has 1 unspecified atom stereocenters. The minimum Gasteiger partial charge on any atom is -0.494 e. The third-order valence-corrected chi connectivity index (χ3v) is 4.25. The van der Waals surface area contributed by atoms with Gasteiger partial charge in [-0.3, -0.25) is 0 Å². The quantitative estimate of drug-likeness (QED) is 0.934. The molecular formula is C14H15FN2OS. The van der Waals surface area contributed by atoms with Crippen molar-refractivity contribution >= 4 is 11.3 Å². The summed E-state index contributed by atoms with van der Waals surface area (Å²) in [5.74, 6) is -0.0891. The minimum absolute atomic E-state index is 0.258. The van der Waals surface area contributed by atoms with Crippen molar-refractivity contribution in [3.63, 3.8) is 0 Å². The van der Waals surface area contributed by atoms with E-state index in [4.69, 9.17) is 4.74 Å². The molecule has 1 aromatic carbocycles. The van der Waals surface area contributed by atoms with Gasteiger partial charge in [0.15, 0.2) is 11.6 Å². The van der Waals surface area contributed by atoms with Crippen molar-refractivity contribution in [3.8, 4) is 16.3 Å². The Morgan fingerprint density at radius 2 is 2.37 bits per heavy atom. The van der Waals surface area contributed by atoms with Crippen molar-refractivity contribution in [2.45, 2.75) is 18.9 Å². The lowest BCUT2D eigenvalue weighted by molar-refractivity contribution is 0.387. The largest absolute Gasteiger partial charge is 0.494 e. The number of thiazole rings is 1. The van der Waals surface area contributed by atoms with E-state index in [0.717, 1.165) is 29.2 Å². The van der Waals surface area contributed by atoms with Crippen molar-refractivity contribution in [1.29, 1.82) is 0 Å². The number of rotatable bonds is 3. The van der Waals surface area contributed by atoms with Crippen LogP contribution < -0.4 is 10.1 Å². The van der Waals surface area contributed by atoms with E-state index in [-0.39, 0.29) is 11.6 Å². The van der Waals surface area contributed by atoms with Gasteiger partial charge < -0.3 is 10.1 Å². The van der Waals surface area contributed by atoms with E-state index in [1.807, 2.05) is 0 Å². The van der Waals surface area contributed by atoms with Crippen molar-refractivity contribution in [3.05, 3.63) is 35.1 Å². The summed E-state index contributed by atoms with van der Waals surface area (Å²) < 4.78 is 18.4. The van der Waals surface area contributed by atoms with Crippen LogP contribution in [-0.2, 0) is 0 Å². The van der Waals surface area contributed by atoms with Gasteiger partial charge in [-0.2, -0.15) is 0 Å². The molecule has 0 spiro atoms. The molecule has 2 heterocycles. The zero-order valence-corrected chi connectivity index (χ0v) is 11.5. The third kappa shape index (κ3) is 2.48. The number of methoxy groups -OCH3 is 1. The molecule has 1 saturated heterocycles. The molecule has 1 aliphatic heterocycles. The molecule has 0 saturated carbocycles. The van der Waals surface area contributed by atoms with Gasteiger partial charge in [0.2, 0.25) is 0 Å². The summed E-state index contributed by atoms with van der Waals surface area (Å²) in [6, 6.07) is 5.22. The Labute approximate surface area is 115 Å². The maximum Gasteiger partial charge on any atom is 0.165 e. The molecule has 1 fully saturated rings. The molecule has 100 valence electrons. The first-order valence-electron chi connectivity index (χ1n) is 6.30. The Balaban J connectivity index is 1.89. The van der Waals surface area contributed by atoms with Crippen LogP contribution in [0.1, 0.15) is 24.6 Å². The summed E-state index contributed by atoms with van der Waals surface area (Å²) in [6.45, 7) is 1.06. The highest BCUT2D eigenvalue weighted by Gasteiger charge is 2.19. The van der Waals surface area contributed by atoms with Crippen molar-refractivity contribution < 1.29 is 9.13 Å². The van der Waals surface area contributed by atoms with E-state index in [9.17, 15) is 4.39 Å². The van der Waals surface area contributed by atoms with Crippen LogP contribution in [0.3, 0.4) is 0 Å². The number of nitrogens with zero attached hydrogens (tertiary/aromatic N) is 1. The van der Waals surface area contributed by atoms with Crippen molar-refractivity contribution in [2.24, 2.45) is 0 Å². The first-order valence-corrected chi connectivity index (χ1v) is 7.18. The second-order valence-corrected chi connectivity index (χ2v) is 5.43. The fourth-order valence-electron chi connectivity index (χ4n) is 2.31. The Hall–Kier alpha value is -1.46. The number of nitrogens with one attached hydrogen (secondary N) is 1. The number of aromatic nitrogens is 1. The number of hydrogen-bond acceptors (Lipinski definition) is 4. The maximum absolute atomic E-state index is 13.4. The van der Waals surface area contributed by atoms with Gasteiger partial charge in [0.25, 0.3) is 0 Å². The average Bonchev–Trinajstić information content (AvgIpc) is 3.10. The molecule has 3 rings (SSSR count). The molecular weight excluding hydrogens is 263 g/mol. The summed E-state index contributed by atoms with van der Waals surface area (Å²) in [6.07, 6.45) is 2.33. The molecule has 0 radical (unpaired) electrons. The molecule has 2 aromatic rings. The molecule has 0 aliphatic carbocycles. The van der Waals surface area contributed by atoms with Crippen LogP contribution in [0, 0.1) is 5.82 Å². The fourth-order valence-corrected chi connectivity index (χ4v) is 3.18. The summed E-state index contributed by atoms with van der Waals surface area (Å²) in [7, 11) is 1.47. The minimum atomic E-state index is -0.347. The molecule has 0 amide bonds. The smallest absolute Gasteiger partial charge is 0.165 e. The standard InChI is InChI=1S/C14H15FN2OS/c1-18-13-7-9(4-5-10(13)15)14-17-12(8-19-14)11-3-2-6-16-11/h4-5,7-8,11,16H,2-3,6H2,1H3. The Kier molecular flexibility index (Phi) is 3.48. The van der Waals surface area contributed by atoms with Gasteiger partial charge in [-0.15, -0.1) is 11.3 Å². The zero-order chi connectivity index (χ0) is 13.2. The van der Waals surface area contributed by atoms with Crippen LogP contribution in [0.15, 0.2) is 23.6 Å². The highest BCUT2D eigenvalue weighted by atomic mass is 32.1. The lowest BCUT2D eigenvalue weighted by atomic mass is 10.2. The molecule has 1 aromatic heterocycles. The van der Waals surface area contributed by atoms with E-state index in [0.29, 0.717) is 6.04 Å². The SMILES string of the molecule is COc1cc(-c2nc(C3CCCN3)cs2)ccc1F. The Morgan fingerprint density at radius 3 is 3.11 bits per heavy atom. The zero-order valence-electron chi connectivity index (χ0n) is 10.6. The molecule has 1 atom stereocenters. The van der Waals surface area contributed by atoms with Crippen LogP contribution >= 0.6 is 11.3 Å².